The zero-order valence-corrected chi connectivity index (χ0v) is 16.6. The fourth-order valence-electron chi connectivity index (χ4n) is 3.23. The lowest BCUT2D eigenvalue weighted by molar-refractivity contribution is -0.384. The number of nitro groups is 1. The fraction of sp³-hybridized carbons (Fsp3) is 0.278. The first-order valence-electron chi connectivity index (χ1n) is 8.62. The Balaban J connectivity index is 1.89. The average molecular weight is 442 g/mol. The molecule has 30 heavy (non-hydrogen) atoms. The first kappa shape index (κ1) is 21.7. The zero-order valence-electron chi connectivity index (χ0n) is 15.8. The molecule has 8 nitrogen and oxygen atoms in total. The summed E-state index contributed by atoms with van der Waals surface area (Å²) in [6.45, 7) is 1.60. The van der Waals surface area contributed by atoms with Crippen molar-refractivity contribution < 1.29 is 26.5 Å². The molecule has 0 bridgehead atoms. The molecule has 3 rings (SSSR count). The molecule has 160 valence electrons. The van der Waals surface area contributed by atoms with Gasteiger partial charge in [-0.1, -0.05) is 12.1 Å². The monoisotopic (exact) mass is 442 g/mol. The van der Waals surface area contributed by atoms with E-state index in [2.05, 4.69) is 9.82 Å². The third kappa shape index (κ3) is 4.28. The first-order chi connectivity index (χ1) is 13.9. The maximum Gasteiger partial charge on any atom is 0.416 e. The minimum atomic E-state index is -4.48. The maximum absolute atomic E-state index is 12.8. The molecule has 2 atom stereocenters. The van der Waals surface area contributed by atoms with Crippen molar-refractivity contribution in [3.8, 4) is 0 Å². The molecule has 0 spiro atoms. The summed E-state index contributed by atoms with van der Waals surface area (Å²) >= 11 is 0. The molecule has 0 amide bonds. The number of alkyl halides is 3. The van der Waals surface area contributed by atoms with Gasteiger partial charge in [-0.15, -0.1) is 0 Å². The molecule has 0 unspecified atom stereocenters. The molecule has 2 aromatic carbocycles. The molecule has 1 aliphatic heterocycles. The predicted molar refractivity (Wildman–Crippen MR) is 102 cm³/mol. The molecule has 1 aliphatic rings. The maximum atomic E-state index is 12.8. The van der Waals surface area contributed by atoms with Gasteiger partial charge in [0.1, 0.15) is 0 Å². The molecule has 0 radical (unpaired) electrons. The topological polar surface area (TPSA) is 105 Å². The van der Waals surface area contributed by atoms with E-state index in [0.717, 1.165) is 36.4 Å². The van der Waals surface area contributed by atoms with E-state index in [1.165, 1.54) is 17.1 Å². The Kier molecular flexibility index (Phi) is 5.56. The van der Waals surface area contributed by atoms with Crippen molar-refractivity contribution in [2.45, 2.75) is 30.1 Å². The van der Waals surface area contributed by atoms with Crippen LogP contribution in [0.2, 0.25) is 0 Å². The van der Waals surface area contributed by atoms with Crippen LogP contribution in [0, 0.1) is 10.1 Å². The Morgan fingerprint density at radius 3 is 2.17 bits per heavy atom. The highest BCUT2D eigenvalue weighted by Crippen LogP contribution is 2.34. The molecule has 2 aromatic rings. The van der Waals surface area contributed by atoms with Gasteiger partial charge in [-0.05, 0) is 36.8 Å². The van der Waals surface area contributed by atoms with Gasteiger partial charge in [-0.2, -0.15) is 23.0 Å². The summed E-state index contributed by atoms with van der Waals surface area (Å²) in [7, 11) is -2.49. The lowest BCUT2D eigenvalue weighted by Crippen LogP contribution is -2.43. The smallest absolute Gasteiger partial charge is 0.291 e. The van der Waals surface area contributed by atoms with Crippen LogP contribution in [0.4, 0.5) is 18.9 Å². The number of nitrogens with zero attached hydrogens (tertiary/aromatic N) is 3. The Morgan fingerprint density at radius 1 is 1.10 bits per heavy atom. The molecule has 0 aromatic heterocycles. The number of sulfonamides is 1. The fourth-order valence-corrected chi connectivity index (χ4v) is 4.49. The number of hydrogen-bond acceptors (Lipinski definition) is 6. The molecule has 12 heteroatoms. The second-order valence-corrected chi connectivity index (χ2v) is 8.44. The van der Waals surface area contributed by atoms with Crippen LogP contribution in [0.15, 0.2) is 58.5 Å². The van der Waals surface area contributed by atoms with Crippen molar-refractivity contribution in [2.24, 2.45) is 5.10 Å². The molecule has 0 saturated carbocycles. The lowest BCUT2D eigenvalue weighted by atomic mass is 9.97. The highest BCUT2D eigenvalue weighted by Gasteiger charge is 2.38. The molecule has 1 N–H and O–H groups in total. The molecule has 0 aliphatic carbocycles. The number of nitro benzene ring substituents is 1. The number of benzene rings is 2. The summed E-state index contributed by atoms with van der Waals surface area (Å²) < 4.78 is 66.6. The van der Waals surface area contributed by atoms with Crippen molar-refractivity contribution >= 4 is 21.4 Å². The zero-order chi connectivity index (χ0) is 22.3. The summed E-state index contributed by atoms with van der Waals surface area (Å²) in [5, 5.41) is 16.5. The highest BCUT2D eigenvalue weighted by atomic mass is 32.2. The van der Waals surface area contributed by atoms with Gasteiger partial charge in [0.05, 0.1) is 33.2 Å². The summed E-state index contributed by atoms with van der Waals surface area (Å²) in [5.74, 6) is 0. The number of nitrogens with one attached hydrogen (secondary N) is 1. The van der Waals surface area contributed by atoms with Crippen LogP contribution in [-0.4, -0.2) is 37.2 Å². The molecular formula is C18H17F3N4O4S. The van der Waals surface area contributed by atoms with E-state index in [1.54, 1.807) is 14.0 Å². The van der Waals surface area contributed by atoms with Crippen molar-refractivity contribution in [2.75, 3.05) is 7.05 Å². The Hall–Kier alpha value is -2.99. The average Bonchev–Trinajstić information content (AvgIpc) is 2.94. The Bertz CT molecular complexity index is 1080. The van der Waals surface area contributed by atoms with Gasteiger partial charge in [0.15, 0.2) is 0 Å². The number of hydrogen-bond donors (Lipinski definition) is 1. The molecule has 0 saturated heterocycles. The minimum Gasteiger partial charge on any atom is -0.291 e. The number of halogens is 3. The largest absolute Gasteiger partial charge is 0.416 e. The van der Waals surface area contributed by atoms with Gasteiger partial charge in [-0.25, -0.2) is 8.42 Å². The summed E-state index contributed by atoms with van der Waals surface area (Å²) in [5.41, 5.74) is -0.196. The van der Waals surface area contributed by atoms with E-state index < -0.39 is 38.8 Å². The van der Waals surface area contributed by atoms with Crippen LogP contribution in [0.3, 0.4) is 0 Å². The van der Waals surface area contributed by atoms with Gasteiger partial charge in [0, 0.05) is 19.2 Å². The van der Waals surface area contributed by atoms with Gasteiger partial charge < -0.3 is 0 Å². The van der Waals surface area contributed by atoms with E-state index in [9.17, 15) is 31.7 Å². The van der Waals surface area contributed by atoms with E-state index >= 15 is 0 Å². The van der Waals surface area contributed by atoms with Gasteiger partial charge in [0.2, 0.25) is 10.0 Å². The summed E-state index contributed by atoms with van der Waals surface area (Å²) in [4.78, 5) is 9.93. The summed E-state index contributed by atoms with van der Waals surface area (Å²) in [6, 6.07) is 7.28. The quantitative estimate of drug-likeness (QED) is 0.565. The van der Waals surface area contributed by atoms with Crippen LogP contribution in [0.5, 0.6) is 0 Å². The van der Waals surface area contributed by atoms with E-state index in [-0.39, 0.29) is 10.6 Å². The van der Waals surface area contributed by atoms with Crippen LogP contribution < -0.4 is 4.72 Å². The number of non-ortho nitro benzene ring substituents is 1. The third-order valence-electron chi connectivity index (χ3n) is 4.70. The number of hydrazone groups is 1. The van der Waals surface area contributed by atoms with Gasteiger partial charge in [-0.3, -0.25) is 15.1 Å². The van der Waals surface area contributed by atoms with Crippen molar-refractivity contribution in [3.05, 3.63) is 69.8 Å². The summed E-state index contributed by atoms with van der Waals surface area (Å²) in [6.07, 6.45) is -4.48. The first-order valence-corrected chi connectivity index (χ1v) is 10.1. The molecule has 1 heterocycles. The SMILES string of the molecule is CC1=NN(C)[C@@H](c2ccc(C(F)(F)F)cc2)[C@@H]1NS(=O)(=O)c1ccc([N+](=O)[O-])cc1. The minimum absolute atomic E-state index is 0.179. The van der Waals surface area contributed by atoms with E-state index in [4.69, 9.17) is 0 Å². The van der Waals surface area contributed by atoms with Gasteiger partial charge in [0.25, 0.3) is 5.69 Å². The Morgan fingerprint density at radius 2 is 1.67 bits per heavy atom. The van der Waals surface area contributed by atoms with Crippen LogP contribution in [-0.2, 0) is 16.2 Å². The molecule has 0 fully saturated rings. The second-order valence-electron chi connectivity index (χ2n) is 6.73. The standard InChI is InChI=1S/C18H17F3N4O4S/c1-11-16(23-30(28,29)15-9-7-14(8-10-15)25(26)27)17(24(2)22-11)12-3-5-13(6-4-12)18(19,20)21/h3-10,16-17,23H,1-2H3/t16-,17+/m1/s1. The van der Waals surface area contributed by atoms with Crippen molar-refractivity contribution in [1.82, 2.24) is 9.73 Å². The number of rotatable bonds is 5. The third-order valence-corrected chi connectivity index (χ3v) is 6.16. The van der Waals surface area contributed by atoms with Crippen LogP contribution >= 0.6 is 0 Å². The second kappa shape index (κ2) is 7.69. The van der Waals surface area contributed by atoms with E-state index in [1.807, 2.05) is 0 Å². The lowest BCUT2D eigenvalue weighted by Gasteiger charge is -2.26. The van der Waals surface area contributed by atoms with Crippen molar-refractivity contribution in [3.63, 3.8) is 0 Å². The van der Waals surface area contributed by atoms with Crippen molar-refractivity contribution in [1.29, 1.82) is 0 Å². The predicted octanol–water partition coefficient (Wildman–Crippen LogP) is 3.32. The Labute approximate surface area is 170 Å². The molecular weight excluding hydrogens is 425 g/mol. The van der Waals surface area contributed by atoms with Crippen LogP contribution in [0.25, 0.3) is 0 Å². The van der Waals surface area contributed by atoms with E-state index in [0.29, 0.717) is 11.3 Å². The van der Waals surface area contributed by atoms with Gasteiger partial charge >= 0.3 is 6.18 Å². The number of likely N-dealkylation sites (N-methyl/N-ethyl adjacent to an activating group) is 1. The highest BCUT2D eigenvalue weighted by molar-refractivity contribution is 7.89. The normalized spacial score (nSPS) is 19.6. The van der Waals surface area contributed by atoms with Crippen LogP contribution in [0.1, 0.15) is 24.1 Å².